The Labute approximate surface area is 211 Å². The van der Waals surface area contributed by atoms with Crippen LogP contribution in [0, 0.1) is 0 Å². The second-order valence-corrected chi connectivity index (χ2v) is 8.35. The molecule has 176 valence electrons. The van der Waals surface area contributed by atoms with Crippen molar-refractivity contribution in [2.45, 2.75) is 31.4 Å². The fraction of sp³-hybridized carbons (Fsp3) is 0.240. The molecule has 0 fully saturated rings. The SMILES string of the molecule is Cl.Cl.O=C(O)c1cccc(Nc2ccc3c(c2)C[C@@H](NC[C@@H](O)c2cccc(Cl)c2)CC3)c1. The zero-order valence-electron chi connectivity index (χ0n) is 17.8. The molecule has 0 radical (unpaired) electrons. The lowest BCUT2D eigenvalue weighted by atomic mass is 9.87. The Bertz CT molecular complexity index is 1090. The molecule has 0 heterocycles. The second kappa shape index (κ2) is 12.3. The van der Waals surface area contributed by atoms with Crippen molar-refractivity contribution >= 4 is 53.8 Å². The summed E-state index contributed by atoms with van der Waals surface area (Å²) >= 11 is 6.02. The highest BCUT2D eigenvalue weighted by Gasteiger charge is 2.20. The normalized spacial score (nSPS) is 15.4. The van der Waals surface area contributed by atoms with Crippen LogP contribution >= 0.6 is 36.4 Å². The molecule has 4 rings (SSSR count). The molecule has 1 aliphatic rings. The van der Waals surface area contributed by atoms with Gasteiger partial charge in [0.1, 0.15) is 0 Å². The van der Waals surface area contributed by atoms with E-state index in [4.69, 9.17) is 11.6 Å². The number of aliphatic hydroxyl groups excluding tert-OH is 1. The number of benzene rings is 3. The van der Waals surface area contributed by atoms with Crippen LogP contribution in [0.15, 0.2) is 66.7 Å². The van der Waals surface area contributed by atoms with Crippen molar-refractivity contribution in [3.8, 4) is 0 Å². The summed E-state index contributed by atoms with van der Waals surface area (Å²) in [6, 6.07) is 20.7. The van der Waals surface area contributed by atoms with Crippen LogP contribution in [-0.2, 0) is 12.8 Å². The Morgan fingerprint density at radius 3 is 2.52 bits per heavy atom. The third kappa shape index (κ3) is 7.10. The highest BCUT2D eigenvalue weighted by molar-refractivity contribution is 6.30. The lowest BCUT2D eigenvalue weighted by Crippen LogP contribution is -2.37. The van der Waals surface area contributed by atoms with E-state index in [0.29, 0.717) is 11.6 Å². The summed E-state index contributed by atoms with van der Waals surface area (Å²) < 4.78 is 0. The van der Waals surface area contributed by atoms with Gasteiger partial charge in [-0.2, -0.15) is 0 Å². The Balaban J connectivity index is 0.00000193. The molecule has 4 N–H and O–H groups in total. The zero-order valence-corrected chi connectivity index (χ0v) is 20.2. The summed E-state index contributed by atoms with van der Waals surface area (Å²) in [5.74, 6) is -0.942. The van der Waals surface area contributed by atoms with E-state index in [1.807, 2.05) is 24.3 Å². The maximum absolute atomic E-state index is 11.2. The number of aryl methyl sites for hydroxylation is 1. The van der Waals surface area contributed by atoms with E-state index in [9.17, 15) is 15.0 Å². The number of hydrogen-bond acceptors (Lipinski definition) is 4. The van der Waals surface area contributed by atoms with Gasteiger partial charge < -0.3 is 20.8 Å². The van der Waals surface area contributed by atoms with Crippen molar-refractivity contribution in [2.24, 2.45) is 0 Å². The molecule has 33 heavy (non-hydrogen) atoms. The maximum atomic E-state index is 11.2. The minimum Gasteiger partial charge on any atom is -0.478 e. The van der Waals surface area contributed by atoms with Crippen molar-refractivity contribution in [1.29, 1.82) is 0 Å². The van der Waals surface area contributed by atoms with Crippen LogP contribution in [0.4, 0.5) is 11.4 Å². The van der Waals surface area contributed by atoms with E-state index in [1.165, 1.54) is 11.1 Å². The molecule has 3 aromatic carbocycles. The molecule has 8 heteroatoms. The summed E-state index contributed by atoms with van der Waals surface area (Å²) in [5.41, 5.74) is 5.34. The first-order valence-electron chi connectivity index (χ1n) is 10.4. The number of carbonyl (C=O) groups is 1. The van der Waals surface area contributed by atoms with E-state index in [0.717, 1.165) is 36.2 Å². The quantitative estimate of drug-likeness (QED) is 0.323. The summed E-state index contributed by atoms with van der Waals surface area (Å²) in [5, 5.41) is 27.1. The highest BCUT2D eigenvalue weighted by Crippen LogP contribution is 2.27. The number of aliphatic hydroxyl groups is 1. The van der Waals surface area contributed by atoms with Crippen LogP contribution in [0.25, 0.3) is 0 Å². The van der Waals surface area contributed by atoms with Gasteiger partial charge in [-0.1, -0.05) is 35.9 Å². The van der Waals surface area contributed by atoms with Crippen LogP contribution in [0.1, 0.15) is 39.6 Å². The predicted octanol–water partition coefficient (Wildman–Crippen LogP) is 5.81. The molecule has 3 aromatic rings. The number of fused-ring (bicyclic) bond motifs is 1. The van der Waals surface area contributed by atoms with Crippen molar-refractivity contribution in [3.05, 3.63) is 94.0 Å². The number of halogens is 3. The Morgan fingerprint density at radius 2 is 1.76 bits per heavy atom. The molecule has 0 aromatic heterocycles. The summed E-state index contributed by atoms with van der Waals surface area (Å²) in [6.07, 6.45) is 2.27. The van der Waals surface area contributed by atoms with Crippen LogP contribution in [0.5, 0.6) is 0 Å². The molecule has 0 aliphatic heterocycles. The molecule has 2 atom stereocenters. The lowest BCUT2D eigenvalue weighted by Gasteiger charge is -2.27. The van der Waals surface area contributed by atoms with Gasteiger partial charge in [0.05, 0.1) is 11.7 Å². The van der Waals surface area contributed by atoms with Crippen molar-refractivity contribution in [2.75, 3.05) is 11.9 Å². The monoisotopic (exact) mass is 508 g/mol. The molecule has 1 aliphatic carbocycles. The average molecular weight is 510 g/mol. The smallest absolute Gasteiger partial charge is 0.335 e. The van der Waals surface area contributed by atoms with Gasteiger partial charge in [0.25, 0.3) is 0 Å². The highest BCUT2D eigenvalue weighted by atomic mass is 35.5. The minimum absolute atomic E-state index is 0. The molecule has 0 saturated carbocycles. The molecule has 0 bridgehead atoms. The van der Waals surface area contributed by atoms with Gasteiger partial charge in [0.2, 0.25) is 0 Å². The van der Waals surface area contributed by atoms with E-state index in [-0.39, 0.29) is 36.4 Å². The number of carboxylic acid groups (broad SMARTS) is 1. The Hall–Kier alpha value is -2.28. The van der Waals surface area contributed by atoms with E-state index in [1.54, 1.807) is 30.3 Å². The standard InChI is InChI=1S/C25H25ClN2O3.2ClH/c26-20-5-1-3-17(11-20)24(29)15-27-21-9-7-16-8-10-23(14-19(16)13-21)28-22-6-2-4-18(12-22)25(30)31;;/h1-6,8,10-12,14,21,24,27-29H,7,9,13,15H2,(H,30,31);2*1H/t21-,24+;;/m0../s1. The van der Waals surface area contributed by atoms with Crippen LogP contribution in [0.3, 0.4) is 0 Å². The first kappa shape index (κ1) is 27.0. The van der Waals surface area contributed by atoms with Gasteiger partial charge >= 0.3 is 5.97 Å². The minimum atomic E-state index is -0.942. The van der Waals surface area contributed by atoms with Gasteiger partial charge in [-0.15, -0.1) is 24.8 Å². The van der Waals surface area contributed by atoms with Gasteiger partial charge in [-0.3, -0.25) is 0 Å². The zero-order chi connectivity index (χ0) is 21.8. The number of nitrogens with one attached hydrogen (secondary N) is 2. The predicted molar refractivity (Wildman–Crippen MR) is 138 cm³/mol. The number of aromatic carboxylic acids is 1. The summed E-state index contributed by atoms with van der Waals surface area (Å²) in [7, 11) is 0. The third-order valence-corrected chi connectivity index (χ3v) is 5.90. The first-order valence-corrected chi connectivity index (χ1v) is 10.7. The van der Waals surface area contributed by atoms with Crippen molar-refractivity contribution in [3.63, 3.8) is 0 Å². The van der Waals surface area contributed by atoms with Crippen molar-refractivity contribution in [1.82, 2.24) is 5.32 Å². The number of rotatable bonds is 7. The molecule has 0 spiro atoms. The molecular formula is C25H27Cl3N2O3. The van der Waals surface area contributed by atoms with Gasteiger partial charge in [-0.05, 0) is 78.4 Å². The largest absolute Gasteiger partial charge is 0.478 e. The molecule has 5 nitrogen and oxygen atoms in total. The first-order chi connectivity index (χ1) is 15.0. The number of carboxylic acids is 1. The van der Waals surface area contributed by atoms with E-state index < -0.39 is 12.1 Å². The van der Waals surface area contributed by atoms with Crippen LogP contribution in [-0.4, -0.2) is 28.8 Å². The van der Waals surface area contributed by atoms with E-state index in [2.05, 4.69) is 22.8 Å². The Kier molecular flexibility index (Phi) is 10.0. The van der Waals surface area contributed by atoms with Gasteiger partial charge in [-0.25, -0.2) is 4.79 Å². The van der Waals surface area contributed by atoms with Crippen LogP contribution in [0.2, 0.25) is 5.02 Å². The third-order valence-electron chi connectivity index (χ3n) is 5.67. The second-order valence-electron chi connectivity index (χ2n) is 7.91. The molecule has 0 saturated heterocycles. The molecule has 0 unspecified atom stereocenters. The van der Waals surface area contributed by atoms with Gasteiger partial charge in [0.15, 0.2) is 0 Å². The maximum Gasteiger partial charge on any atom is 0.335 e. The van der Waals surface area contributed by atoms with E-state index >= 15 is 0 Å². The fourth-order valence-electron chi connectivity index (χ4n) is 4.02. The summed E-state index contributed by atoms with van der Waals surface area (Å²) in [4.78, 5) is 11.2. The number of hydrogen-bond donors (Lipinski definition) is 4. The topological polar surface area (TPSA) is 81.6 Å². The van der Waals surface area contributed by atoms with Crippen molar-refractivity contribution < 1.29 is 15.0 Å². The summed E-state index contributed by atoms with van der Waals surface area (Å²) in [6.45, 7) is 0.472. The average Bonchev–Trinajstić information content (AvgIpc) is 2.77. The fourth-order valence-corrected chi connectivity index (χ4v) is 4.21. The Morgan fingerprint density at radius 1 is 1.00 bits per heavy atom. The van der Waals surface area contributed by atoms with Crippen LogP contribution < -0.4 is 10.6 Å². The van der Waals surface area contributed by atoms with Gasteiger partial charge in [0, 0.05) is 29.0 Å². The molecular weight excluding hydrogens is 483 g/mol. The number of anilines is 2. The lowest BCUT2D eigenvalue weighted by molar-refractivity contribution is 0.0697. The molecule has 0 amide bonds.